The molecule has 5 heteroatoms. The highest BCUT2D eigenvalue weighted by Gasteiger charge is 2.49. The van der Waals surface area contributed by atoms with Crippen molar-refractivity contribution >= 4 is 17.5 Å². The largest absolute Gasteiger partial charge is 0.344 e. The van der Waals surface area contributed by atoms with E-state index in [1.54, 1.807) is 9.80 Å². The van der Waals surface area contributed by atoms with E-state index in [1.165, 1.54) is 0 Å². The molecule has 5 nitrogen and oxygen atoms in total. The predicted molar refractivity (Wildman–Crippen MR) is 117 cm³/mol. The molecular formula is C24H31N3O2. The minimum atomic E-state index is -0.704. The first-order valence-electron chi connectivity index (χ1n) is 10.2. The molecule has 1 aliphatic rings. The quantitative estimate of drug-likeness (QED) is 0.693. The summed E-state index contributed by atoms with van der Waals surface area (Å²) in [5.41, 5.74) is 2.38. The van der Waals surface area contributed by atoms with Gasteiger partial charge in [0.2, 0.25) is 11.8 Å². The number of rotatable bonds is 8. The average Bonchev–Trinajstić information content (AvgIpc) is 2.93. The fraction of sp³-hybridized carbons (Fsp3) is 0.417. The maximum Gasteiger partial charge on any atom is 0.237 e. The van der Waals surface area contributed by atoms with Crippen LogP contribution in [0.25, 0.3) is 0 Å². The topological polar surface area (TPSA) is 43.9 Å². The highest BCUT2D eigenvalue weighted by Crippen LogP contribution is 2.46. The van der Waals surface area contributed by atoms with Gasteiger partial charge >= 0.3 is 0 Å². The van der Waals surface area contributed by atoms with Gasteiger partial charge in [0.05, 0.1) is 5.41 Å². The van der Waals surface area contributed by atoms with Crippen LogP contribution in [0.5, 0.6) is 0 Å². The Bertz CT molecular complexity index is 865. The molecule has 0 bridgehead atoms. The summed E-state index contributed by atoms with van der Waals surface area (Å²) in [5.74, 6) is 0.158. The molecule has 0 aromatic heterocycles. The molecule has 0 spiro atoms. The highest BCUT2D eigenvalue weighted by atomic mass is 16.2. The third-order valence-corrected chi connectivity index (χ3v) is 5.92. The lowest BCUT2D eigenvalue weighted by atomic mass is 9.73. The van der Waals surface area contributed by atoms with Crippen LogP contribution in [0.2, 0.25) is 0 Å². The molecule has 0 saturated heterocycles. The van der Waals surface area contributed by atoms with Crippen LogP contribution in [-0.4, -0.2) is 62.9 Å². The molecule has 0 unspecified atom stereocenters. The SMILES string of the molecule is CN(C)CCN(C)C(=O)CC[C@]1(Cc2ccccc2)C(=O)N(C)c2ccccc21. The van der Waals surface area contributed by atoms with Crippen LogP contribution in [0, 0.1) is 0 Å². The van der Waals surface area contributed by atoms with Gasteiger partial charge in [-0.25, -0.2) is 0 Å². The standard InChI is InChI=1S/C24H31N3O2/c1-25(2)16-17-26(3)22(28)14-15-24(18-19-10-6-5-7-11-19)20-12-8-9-13-21(20)27(4)23(24)29/h5-13H,14-18H2,1-4H3/t24-/m1/s1. The Kier molecular flexibility index (Phi) is 6.38. The number of carbonyl (C=O) groups is 2. The third kappa shape index (κ3) is 4.35. The Labute approximate surface area is 173 Å². The molecule has 0 aliphatic carbocycles. The average molecular weight is 394 g/mol. The van der Waals surface area contributed by atoms with Crippen LogP contribution in [0.3, 0.4) is 0 Å². The Hall–Kier alpha value is -2.66. The number of anilines is 1. The zero-order valence-corrected chi connectivity index (χ0v) is 17.9. The van der Waals surface area contributed by atoms with Crippen molar-refractivity contribution in [2.75, 3.05) is 46.2 Å². The van der Waals surface area contributed by atoms with Crippen molar-refractivity contribution in [2.45, 2.75) is 24.7 Å². The van der Waals surface area contributed by atoms with E-state index in [9.17, 15) is 9.59 Å². The molecule has 1 heterocycles. The van der Waals surface area contributed by atoms with E-state index in [-0.39, 0.29) is 11.8 Å². The summed E-state index contributed by atoms with van der Waals surface area (Å²) in [6.45, 7) is 1.50. The van der Waals surface area contributed by atoms with E-state index in [0.29, 0.717) is 25.8 Å². The molecule has 2 aromatic rings. The second kappa shape index (κ2) is 8.78. The van der Waals surface area contributed by atoms with E-state index in [0.717, 1.165) is 23.4 Å². The fourth-order valence-electron chi connectivity index (χ4n) is 4.15. The molecule has 0 fully saturated rings. The van der Waals surface area contributed by atoms with Crippen LogP contribution < -0.4 is 4.90 Å². The molecule has 29 heavy (non-hydrogen) atoms. The molecule has 3 rings (SSSR count). The van der Waals surface area contributed by atoms with Crippen LogP contribution in [-0.2, 0) is 21.4 Å². The Morgan fingerprint density at radius 2 is 1.62 bits per heavy atom. The Morgan fingerprint density at radius 1 is 0.966 bits per heavy atom. The molecule has 0 saturated carbocycles. The summed E-state index contributed by atoms with van der Waals surface area (Å²) in [5, 5.41) is 0. The van der Waals surface area contributed by atoms with Gasteiger partial charge < -0.3 is 14.7 Å². The van der Waals surface area contributed by atoms with Gasteiger partial charge in [-0.1, -0.05) is 48.5 Å². The Balaban J connectivity index is 1.87. The van der Waals surface area contributed by atoms with Crippen molar-refractivity contribution in [1.29, 1.82) is 0 Å². The molecule has 2 aromatic carbocycles. The zero-order chi connectivity index (χ0) is 21.0. The molecule has 0 radical (unpaired) electrons. The Morgan fingerprint density at radius 3 is 2.31 bits per heavy atom. The van der Waals surface area contributed by atoms with Gasteiger partial charge in [0.15, 0.2) is 0 Å². The minimum Gasteiger partial charge on any atom is -0.344 e. The normalized spacial score (nSPS) is 18.2. The van der Waals surface area contributed by atoms with Gasteiger partial charge in [-0.2, -0.15) is 0 Å². The van der Waals surface area contributed by atoms with Gasteiger partial charge in [-0.05, 0) is 44.1 Å². The monoisotopic (exact) mass is 393 g/mol. The fourth-order valence-corrected chi connectivity index (χ4v) is 4.15. The van der Waals surface area contributed by atoms with Crippen molar-refractivity contribution in [2.24, 2.45) is 0 Å². The second-order valence-electron chi connectivity index (χ2n) is 8.24. The van der Waals surface area contributed by atoms with E-state index in [4.69, 9.17) is 0 Å². The van der Waals surface area contributed by atoms with Crippen molar-refractivity contribution in [3.05, 3.63) is 65.7 Å². The number of hydrogen-bond acceptors (Lipinski definition) is 3. The van der Waals surface area contributed by atoms with E-state index >= 15 is 0 Å². The summed E-state index contributed by atoms with van der Waals surface area (Å²) in [7, 11) is 7.67. The molecule has 154 valence electrons. The number of likely N-dealkylation sites (N-methyl/N-ethyl adjacent to an activating group) is 3. The highest BCUT2D eigenvalue weighted by molar-refractivity contribution is 6.08. The van der Waals surface area contributed by atoms with Crippen LogP contribution in [0.15, 0.2) is 54.6 Å². The summed E-state index contributed by atoms with van der Waals surface area (Å²) >= 11 is 0. The lowest BCUT2D eigenvalue weighted by Gasteiger charge is -2.29. The van der Waals surface area contributed by atoms with Crippen molar-refractivity contribution in [1.82, 2.24) is 9.80 Å². The number of fused-ring (bicyclic) bond motifs is 1. The smallest absolute Gasteiger partial charge is 0.237 e. The van der Waals surface area contributed by atoms with Gasteiger partial charge in [0.25, 0.3) is 0 Å². The van der Waals surface area contributed by atoms with E-state index in [1.807, 2.05) is 70.7 Å². The van der Waals surface area contributed by atoms with Crippen LogP contribution >= 0.6 is 0 Å². The van der Waals surface area contributed by atoms with Crippen molar-refractivity contribution < 1.29 is 9.59 Å². The lowest BCUT2D eigenvalue weighted by Crippen LogP contribution is -2.42. The molecular weight excluding hydrogens is 362 g/mol. The van der Waals surface area contributed by atoms with Gasteiger partial charge in [0, 0.05) is 39.3 Å². The maximum absolute atomic E-state index is 13.5. The number of nitrogens with zero attached hydrogens (tertiary/aromatic N) is 3. The summed E-state index contributed by atoms with van der Waals surface area (Å²) in [6.07, 6.45) is 1.46. The van der Waals surface area contributed by atoms with Crippen molar-refractivity contribution in [3.63, 3.8) is 0 Å². The second-order valence-corrected chi connectivity index (χ2v) is 8.24. The van der Waals surface area contributed by atoms with Crippen LogP contribution in [0.4, 0.5) is 5.69 Å². The number of para-hydroxylation sites is 1. The molecule has 1 atom stereocenters. The number of amides is 2. The molecule has 2 amide bonds. The number of carbonyl (C=O) groups excluding carboxylic acids is 2. The molecule has 0 N–H and O–H groups in total. The first kappa shape index (κ1) is 21.1. The maximum atomic E-state index is 13.5. The minimum absolute atomic E-state index is 0.0753. The van der Waals surface area contributed by atoms with Crippen LogP contribution in [0.1, 0.15) is 24.0 Å². The van der Waals surface area contributed by atoms with Gasteiger partial charge in [-0.3, -0.25) is 9.59 Å². The van der Waals surface area contributed by atoms with E-state index in [2.05, 4.69) is 17.0 Å². The lowest BCUT2D eigenvalue weighted by molar-refractivity contribution is -0.131. The van der Waals surface area contributed by atoms with Crippen molar-refractivity contribution in [3.8, 4) is 0 Å². The summed E-state index contributed by atoms with van der Waals surface area (Å²) in [4.78, 5) is 31.8. The molecule has 1 aliphatic heterocycles. The number of benzene rings is 2. The summed E-state index contributed by atoms with van der Waals surface area (Å²) in [6, 6.07) is 18.1. The first-order valence-corrected chi connectivity index (χ1v) is 10.2. The number of hydrogen-bond donors (Lipinski definition) is 0. The summed E-state index contributed by atoms with van der Waals surface area (Å²) < 4.78 is 0. The van der Waals surface area contributed by atoms with Gasteiger partial charge in [0.1, 0.15) is 0 Å². The third-order valence-electron chi connectivity index (χ3n) is 5.92. The van der Waals surface area contributed by atoms with Gasteiger partial charge in [-0.15, -0.1) is 0 Å². The first-order chi connectivity index (χ1) is 13.8. The predicted octanol–water partition coefficient (Wildman–Crippen LogP) is 2.94. The zero-order valence-electron chi connectivity index (χ0n) is 17.9. The van der Waals surface area contributed by atoms with E-state index < -0.39 is 5.41 Å².